The molecule has 0 unspecified atom stereocenters. The molecule has 0 aliphatic carbocycles. The van der Waals surface area contributed by atoms with Crippen molar-refractivity contribution in [1.82, 2.24) is 0 Å². The van der Waals surface area contributed by atoms with Crippen molar-refractivity contribution in [2.24, 2.45) is 0 Å². The maximum Gasteiger partial charge on any atom is 0.160 e. The van der Waals surface area contributed by atoms with Crippen LogP contribution >= 0.6 is 34.8 Å². The number of anilines is 1. The van der Waals surface area contributed by atoms with Gasteiger partial charge in [0.25, 0.3) is 0 Å². The Kier molecular flexibility index (Phi) is 4.56. The Bertz CT molecular complexity index is 591. The third-order valence-electron chi connectivity index (χ3n) is 2.77. The second kappa shape index (κ2) is 6.00. The molecule has 0 atom stereocenters. The third-order valence-corrected chi connectivity index (χ3v) is 3.56. The van der Waals surface area contributed by atoms with Gasteiger partial charge in [-0.3, -0.25) is 0 Å². The minimum absolute atomic E-state index is 0.00262. The number of nitrogens with one attached hydrogen (secondary N) is 1. The zero-order valence-corrected chi connectivity index (χ0v) is 12.4. The fourth-order valence-electron chi connectivity index (χ4n) is 1.71. The number of aryl methyl sites for hydroxylation is 1. The summed E-state index contributed by atoms with van der Waals surface area (Å²) in [6, 6.07) is 8.68. The fourth-order valence-corrected chi connectivity index (χ4v) is 2.43. The molecule has 1 N–H and O–H groups in total. The average Bonchev–Trinajstić information content (AvgIpc) is 2.34. The van der Waals surface area contributed by atoms with E-state index < -0.39 is 5.82 Å². The van der Waals surface area contributed by atoms with Crippen molar-refractivity contribution in [2.75, 3.05) is 5.32 Å². The Morgan fingerprint density at radius 1 is 1.05 bits per heavy atom. The molecule has 0 amide bonds. The summed E-state index contributed by atoms with van der Waals surface area (Å²) in [5.74, 6) is -0.600. The highest BCUT2D eigenvalue weighted by molar-refractivity contribution is 6.35. The second-order valence-electron chi connectivity index (χ2n) is 4.18. The Labute approximate surface area is 126 Å². The smallest absolute Gasteiger partial charge is 0.160 e. The molecule has 0 radical (unpaired) electrons. The molecule has 0 bridgehead atoms. The highest BCUT2D eigenvalue weighted by atomic mass is 35.5. The van der Waals surface area contributed by atoms with Gasteiger partial charge < -0.3 is 5.32 Å². The molecule has 0 saturated carbocycles. The van der Waals surface area contributed by atoms with Gasteiger partial charge in [-0.1, -0.05) is 40.9 Å². The Hall–Kier alpha value is -0.960. The first kappa shape index (κ1) is 14.4. The monoisotopic (exact) mass is 317 g/mol. The predicted octanol–water partition coefficient (Wildman–Crippen LogP) is 5.71. The molecular formula is C14H11Cl3FN. The average molecular weight is 319 g/mol. The maximum absolute atomic E-state index is 13.3. The molecule has 1 nitrogen and oxygen atoms in total. The molecule has 2 aromatic carbocycles. The molecular weight excluding hydrogens is 308 g/mol. The van der Waals surface area contributed by atoms with E-state index in [2.05, 4.69) is 5.32 Å². The first-order valence-electron chi connectivity index (χ1n) is 5.61. The van der Waals surface area contributed by atoms with E-state index in [1.807, 2.05) is 25.1 Å². The van der Waals surface area contributed by atoms with Gasteiger partial charge in [-0.2, -0.15) is 0 Å². The van der Waals surface area contributed by atoms with Crippen LogP contribution in [0.25, 0.3) is 0 Å². The van der Waals surface area contributed by atoms with Crippen LogP contribution < -0.4 is 5.32 Å². The third kappa shape index (κ3) is 3.53. The largest absolute Gasteiger partial charge is 0.381 e. The van der Waals surface area contributed by atoms with Gasteiger partial charge in [-0.05, 0) is 42.3 Å². The molecule has 0 aliphatic rings. The minimum atomic E-state index is -0.600. The van der Waals surface area contributed by atoms with Gasteiger partial charge in [0, 0.05) is 17.3 Å². The van der Waals surface area contributed by atoms with Gasteiger partial charge in [-0.15, -0.1) is 0 Å². The summed E-state index contributed by atoms with van der Waals surface area (Å²) in [4.78, 5) is 0. The predicted molar refractivity (Wildman–Crippen MR) is 79.9 cm³/mol. The molecule has 100 valence electrons. The van der Waals surface area contributed by atoms with Crippen molar-refractivity contribution in [3.8, 4) is 0 Å². The Balaban J connectivity index is 2.14. The molecule has 0 spiro atoms. The van der Waals surface area contributed by atoms with Crippen LogP contribution in [-0.2, 0) is 6.54 Å². The van der Waals surface area contributed by atoms with Crippen LogP contribution in [0.2, 0.25) is 15.1 Å². The molecule has 0 saturated heterocycles. The van der Waals surface area contributed by atoms with E-state index in [1.165, 1.54) is 12.1 Å². The lowest BCUT2D eigenvalue weighted by atomic mass is 10.1. The van der Waals surface area contributed by atoms with Crippen LogP contribution in [0.4, 0.5) is 10.1 Å². The summed E-state index contributed by atoms with van der Waals surface area (Å²) in [5.41, 5.74) is 2.85. The van der Waals surface area contributed by atoms with Gasteiger partial charge in [0.05, 0.1) is 10.0 Å². The summed E-state index contributed by atoms with van der Waals surface area (Å²) < 4.78 is 13.3. The topological polar surface area (TPSA) is 12.0 Å². The lowest BCUT2D eigenvalue weighted by Gasteiger charge is -2.10. The lowest BCUT2D eigenvalue weighted by molar-refractivity contribution is 0.629. The zero-order valence-electron chi connectivity index (χ0n) is 10.1. The summed E-state index contributed by atoms with van der Waals surface area (Å²) >= 11 is 17.4. The molecule has 2 aromatic rings. The molecule has 0 fully saturated rings. The van der Waals surface area contributed by atoms with Crippen molar-refractivity contribution in [3.05, 3.63) is 62.3 Å². The maximum atomic E-state index is 13.3. The zero-order chi connectivity index (χ0) is 14.0. The van der Waals surface area contributed by atoms with E-state index in [-0.39, 0.29) is 10.0 Å². The van der Waals surface area contributed by atoms with E-state index in [0.29, 0.717) is 17.3 Å². The van der Waals surface area contributed by atoms with E-state index in [9.17, 15) is 4.39 Å². The summed E-state index contributed by atoms with van der Waals surface area (Å²) in [6.07, 6.45) is 0. The van der Waals surface area contributed by atoms with Gasteiger partial charge in [0.2, 0.25) is 0 Å². The van der Waals surface area contributed by atoms with Crippen LogP contribution in [0.5, 0.6) is 0 Å². The van der Waals surface area contributed by atoms with E-state index >= 15 is 0 Å². The van der Waals surface area contributed by atoms with Gasteiger partial charge >= 0.3 is 0 Å². The molecule has 0 aromatic heterocycles. The fraction of sp³-hybridized carbons (Fsp3) is 0.143. The first-order chi connectivity index (χ1) is 8.97. The number of halogens is 4. The summed E-state index contributed by atoms with van der Waals surface area (Å²) in [5, 5.41) is 3.86. The highest BCUT2D eigenvalue weighted by Gasteiger charge is 2.07. The second-order valence-corrected chi connectivity index (χ2v) is 5.43. The Morgan fingerprint density at radius 2 is 1.68 bits per heavy atom. The molecule has 0 aliphatic heterocycles. The van der Waals surface area contributed by atoms with Crippen LogP contribution in [-0.4, -0.2) is 0 Å². The first-order valence-corrected chi connectivity index (χ1v) is 6.74. The van der Waals surface area contributed by atoms with Crippen LogP contribution in [0.3, 0.4) is 0 Å². The summed E-state index contributed by atoms with van der Waals surface area (Å²) in [6.45, 7) is 2.56. The van der Waals surface area contributed by atoms with Crippen molar-refractivity contribution in [3.63, 3.8) is 0 Å². The molecule has 5 heteroatoms. The highest BCUT2D eigenvalue weighted by Crippen LogP contribution is 2.27. The van der Waals surface area contributed by atoms with Crippen LogP contribution in [0.15, 0.2) is 30.3 Å². The minimum Gasteiger partial charge on any atom is -0.381 e. The van der Waals surface area contributed by atoms with Gasteiger partial charge in [0.1, 0.15) is 0 Å². The quantitative estimate of drug-likeness (QED) is 0.715. The van der Waals surface area contributed by atoms with Crippen molar-refractivity contribution in [2.45, 2.75) is 13.5 Å². The molecule has 19 heavy (non-hydrogen) atoms. The lowest BCUT2D eigenvalue weighted by Crippen LogP contribution is -2.01. The van der Waals surface area contributed by atoms with E-state index in [4.69, 9.17) is 34.8 Å². The molecule has 0 heterocycles. The van der Waals surface area contributed by atoms with E-state index in [0.717, 1.165) is 11.1 Å². The van der Waals surface area contributed by atoms with Gasteiger partial charge in [0.15, 0.2) is 5.82 Å². The van der Waals surface area contributed by atoms with Gasteiger partial charge in [-0.25, -0.2) is 4.39 Å². The summed E-state index contributed by atoms with van der Waals surface area (Å²) in [7, 11) is 0. The number of rotatable bonds is 3. The standard InChI is InChI=1S/C14H11Cl3FN/c1-8-4-10(15)3-2-9(8)7-19-11-5-12(16)14(18)13(17)6-11/h2-6,19H,7H2,1H3. The Morgan fingerprint density at radius 3 is 2.26 bits per heavy atom. The van der Waals surface area contributed by atoms with Crippen molar-refractivity contribution in [1.29, 1.82) is 0 Å². The SMILES string of the molecule is Cc1cc(Cl)ccc1CNc1cc(Cl)c(F)c(Cl)c1. The molecule has 2 rings (SSSR count). The number of hydrogen-bond donors (Lipinski definition) is 1. The van der Waals surface area contributed by atoms with Crippen LogP contribution in [0.1, 0.15) is 11.1 Å². The normalized spacial score (nSPS) is 10.6. The number of hydrogen-bond acceptors (Lipinski definition) is 1. The van der Waals surface area contributed by atoms with Crippen LogP contribution in [0, 0.1) is 12.7 Å². The van der Waals surface area contributed by atoms with Crippen molar-refractivity contribution < 1.29 is 4.39 Å². The number of benzene rings is 2. The van der Waals surface area contributed by atoms with Crippen molar-refractivity contribution >= 4 is 40.5 Å². The van der Waals surface area contributed by atoms with E-state index in [1.54, 1.807) is 0 Å².